The monoisotopic (exact) mass is 306 g/mol. The molecule has 5 heteroatoms. The molecule has 0 aromatic heterocycles. The number of carbonyl (C=O) groups excluding carboxylic acids is 2. The Bertz CT molecular complexity index is 533. The van der Waals surface area contributed by atoms with E-state index in [4.69, 9.17) is 0 Å². The lowest BCUT2D eigenvalue weighted by Gasteiger charge is -2.27. The first-order valence-electron chi connectivity index (χ1n) is 7.24. The van der Waals surface area contributed by atoms with Crippen LogP contribution in [0.25, 0.3) is 0 Å². The fourth-order valence-corrected chi connectivity index (χ4v) is 3.66. The van der Waals surface area contributed by atoms with E-state index in [-0.39, 0.29) is 17.2 Å². The maximum atomic E-state index is 12.1. The third-order valence-electron chi connectivity index (χ3n) is 3.70. The van der Waals surface area contributed by atoms with Crippen molar-refractivity contribution < 1.29 is 9.59 Å². The van der Waals surface area contributed by atoms with Crippen molar-refractivity contribution in [3.8, 4) is 0 Å². The zero-order valence-electron chi connectivity index (χ0n) is 12.8. The first-order chi connectivity index (χ1) is 10.0. The van der Waals surface area contributed by atoms with Gasteiger partial charge in [0.2, 0.25) is 11.8 Å². The smallest absolute Gasteiger partial charge is 0.233 e. The zero-order valence-corrected chi connectivity index (χ0v) is 13.7. The van der Waals surface area contributed by atoms with Crippen LogP contribution in [-0.2, 0) is 9.59 Å². The molecule has 0 aliphatic carbocycles. The van der Waals surface area contributed by atoms with Crippen LogP contribution in [0.1, 0.15) is 29.8 Å². The molecule has 0 radical (unpaired) electrons. The molecule has 1 aliphatic heterocycles. The first kappa shape index (κ1) is 15.9. The third kappa shape index (κ3) is 3.79. The van der Waals surface area contributed by atoms with Gasteiger partial charge in [0, 0.05) is 26.6 Å². The largest absolute Gasteiger partial charge is 0.344 e. The summed E-state index contributed by atoms with van der Waals surface area (Å²) < 4.78 is 0. The highest BCUT2D eigenvalue weighted by molar-refractivity contribution is 8.00. The SMILES string of the molecule is CCC(=O)N(C)CCN1C(=O)CSC1c1cccc(C)c1. The summed E-state index contributed by atoms with van der Waals surface area (Å²) in [6.45, 7) is 5.09. The number of thioether (sulfide) groups is 1. The minimum absolute atomic E-state index is 0.0718. The van der Waals surface area contributed by atoms with Crippen molar-refractivity contribution in [2.24, 2.45) is 0 Å². The normalized spacial score (nSPS) is 18.1. The summed E-state index contributed by atoms with van der Waals surface area (Å²) in [5.41, 5.74) is 2.36. The number of benzene rings is 1. The summed E-state index contributed by atoms with van der Waals surface area (Å²) >= 11 is 1.66. The average molecular weight is 306 g/mol. The van der Waals surface area contributed by atoms with Gasteiger partial charge in [0.05, 0.1) is 5.75 Å². The molecule has 1 atom stereocenters. The third-order valence-corrected chi connectivity index (χ3v) is 4.96. The van der Waals surface area contributed by atoms with Crippen LogP contribution in [0.3, 0.4) is 0 Å². The zero-order chi connectivity index (χ0) is 15.4. The maximum Gasteiger partial charge on any atom is 0.233 e. The van der Waals surface area contributed by atoms with Gasteiger partial charge in [0.25, 0.3) is 0 Å². The van der Waals surface area contributed by atoms with E-state index >= 15 is 0 Å². The molecule has 2 amide bonds. The number of hydrogen-bond donors (Lipinski definition) is 0. The fraction of sp³-hybridized carbons (Fsp3) is 0.500. The van der Waals surface area contributed by atoms with E-state index in [2.05, 4.69) is 25.1 Å². The molecule has 114 valence electrons. The predicted octanol–water partition coefficient (Wildman–Crippen LogP) is 2.44. The molecule has 0 N–H and O–H groups in total. The van der Waals surface area contributed by atoms with Gasteiger partial charge in [-0.15, -0.1) is 11.8 Å². The van der Waals surface area contributed by atoms with E-state index in [0.29, 0.717) is 25.3 Å². The minimum atomic E-state index is 0.0718. The lowest BCUT2D eigenvalue weighted by atomic mass is 10.1. The Balaban J connectivity index is 2.05. The van der Waals surface area contributed by atoms with E-state index in [0.717, 1.165) is 5.56 Å². The van der Waals surface area contributed by atoms with E-state index in [1.165, 1.54) is 5.56 Å². The van der Waals surface area contributed by atoms with E-state index in [1.807, 2.05) is 17.9 Å². The second-order valence-electron chi connectivity index (χ2n) is 5.33. The number of carbonyl (C=O) groups is 2. The van der Waals surface area contributed by atoms with Gasteiger partial charge >= 0.3 is 0 Å². The molecular weight excluding hydrogens is 284 g/mol. The van der Waals surface area contributed by atoms with Crippen LogP contribution >= 0.6 is 11.8 Å². The van der Waals surface area contributed by atoms with Gasteiger partial charge in [0.1, 0.15) is 5.37 Å². The van der Waals surface area contributed by atoms with Crippen molar-refractivity contribution in [1.82, 2.24) is 9.80 Å². The minimum Gasteiger partial charge on any atom is -0.344 e. The van der Waals surface area contributed by atoms with Crippen LogP contribution < -0.4 is 0 Å². The van der Waals surface area contributed by atoms with Gasteiger partial charge in [-0.05, 0) is 12.5 Å². The van der Waals surface area contributed by atoms with Crippen LogP contribution in [0.5, 0.6) is 0 Å². The molecule has 1 saturated heterocycles. The fourth-order valence-electron chi connectivity index (χ4n) is 2.45. The molecule has 21 heavy (non-hydrogen) atoms. The Morgan fingerprint density at radius 2 is 2.24 bits per heavy atom. The molecule has 1 fully saturated rings. The lowest BCUT2D eigenvalue weighted by Crippen LogP contribution is -2.38. The predicted molar refractivity (Wildman–Crippen MR) is 86.0 cm³/mol. The van der Waals surface area contributed by atoms with Gasteiger partial charge in [-0.2, -0.15) is 0 Å². The van der Waals surface area contributed by atoms with Crippen molar-refractivity contribution in [2.75, 3.05) is 25.9 Å². The van der Waals surface area contributed by atoms with Crippen molar-refractivity contribution in [2.45, 2.75) is 25.6 Å². The molecule has 0 spiro atoms. The Kier molecular flexibility index (Phi) is 5.28. The van der Waals surface area contributed by atoms with Crippen molar-refractivity contribution in [3.05, 3.63) is 35.4 Å². The maximum absolute atomic E-state index is 12.1. The number of nitrogens with zero attached hydrogens (tertiary/aromatic N) is 2. The molecule has 0 bridgehead atoms. The number of hydrogen-bond acceptors (Lipinski definition) is 3. The highest BCUT2D eigenvalue weighted by Crippen LogP contribution is 2.38. The Morgan fingerprint density at radius 1 is 1.48 bits per heavy atom. The summed E-state index contributed by atoms with van der Waals surface area (Å²) in [7, 11) is 1.79. The highest BCUT2D eigenvalue weighted by atomic mass is 32.2. The summed E-state index contributed by atoms with van der Waals surface area (Å²) in [5.74, 6) is 0.787. The molecule has 4 nitrogen and oxygen atoms in total. The summed E-state index contributed by atoms with van der Waals surface area (Å²) in [6, 6.07) is 8.28. The number of aryl methyl sites for hydroxylation is 1. The van der Waals surface area contributed by atoms with E-state index < -0.39 is 0 Å². The van der Waals surface area contributed by atoms with Gasteiger partial charge in [-0.3, -0.25) is 9.59 Å². The average Bonchev–Trinajstić information content (AvgIpc) is 2.85. The molecule has 1 aliphatic rings. The number of rotatable bonds is 5. The summed E-state index contributed by atoms with van der Waals surface area (Å²) in [6.07, 6.45) is 0.501. The molecule has 0 saturated carbocycles. The van der Waals surface area contributed by atoms with Crippen LogP contribution in [0.4, 0.5) is 0 Å². The van der Waals surface area contributed by atoms with Gasteiger partial charge in [-0.1, -0.05) is 36.8 Å². The molecule has 2 rings (SSSR count). The summed E-state index contributed by atoms with van der Waals surface area (Å²) in [4.78, 5) is 27.3. The quantitative estimate of drug-likeness (QED) is 0.839. The second-order valence-corrected chi connectivity index (χ2v) is 6.40. The standard InChI is InChI=1S/C16H22N2O2S/c1-4-14(19)17(3)8-9-18-15(20)11-21-16(18)13-7-5-6-12(2)10-13/h5-7,10,16H,4,8-9,11H2,1-3H3. The Morgan fingerprint density at radius 3 is 2.90 bits per heavy atom. The van der Waals surface area contributed by atoms with Crippen LogP contribution in [0, 0.1) is 6.92 Å². The van der Waals surface area contributed by atoms with Crippen molar-refractivity contribution in [1.29, 1.82) is 0 Å². The Labute approximate surface area is 130 Å². The van der Waals surface area contributed by atoms with Gasteiger partial charge in [0.15, 0.2) is 0 Å². The molecule has 1 heterocycles. The topological polar surface area (TPSA) is 40.6 Å². The second kappa shape index (κ2) is 6.98. The van der Waals surface area contributed by atoms with Crippen molar-refractivity contribution in [3.63, 3.8) is 0 Å². The molecule has 1 aromatic carbocycles. The van der Waals surface area contributed by atoms with Crippen LogP contribution in [0.2, 0.25) is 0 Å². The van der Waals surface area contributed by atoms with E-state index in [1.54, 1.807) is 23.7 Å². The lowest BCUT2D eigenvalue weighted by molar-refractivity contribution is -0.132. The Hall–Kier alpha value is -1.49. The first-order valence-corrected chi connectivity index (χ1v) is 8.29. The number of likely N-dealkylation sites (N-methyl/N-ethyl adjacent to an activating group) is 1. The van der Waals surface area contributed by atoms with E-state index in [9.17, 15) is 9.59 Å². The highest BCUT2D eigenvalue weighted by Gasteiger charge is 2.32. The summed E-state index contributed by atoms with van der Waals surface area (Å²) in [5, 5.41) is 0.0718. The molecular formula is C16H22N2O2S. The van der Waals surface area contributed by atoms with Crippen molar-refractivity contribution >= 4 is 23.6 Å². The van der Waals surface area contributed by atoms with Crippen LogP contribution in [0.15, 0.2) is 24.3 Å². The van der Waals surface area contributed by atoms with Gasteiger partial charge < -0.3 is 9.80 Å². The number of amides is 2. The molecule has 1 unspecified atom stereocenters. The van der Waals surface area contributed by atoms with Crippen LogP contribution in [-0.4, -0.2) is 47.5 Å². The molecule has 1 aromatic rings. The van der Waals surface area contributed by atoms with Gasteiger partial charge in [-0.25, -0.2) is 0 Å².